The number of aromatic nitrogens is 1. The summed E-state index contributed by atoms with van der Waals surface area (Å²) in [5, 5.41) is 0.348. The lowest BCUT2D eigenvalue weighted by molar-refractivity contribution is 0.0988. The fourth-order valence-electron chi connectivity index (χ4n) is 1.74. The van der Waals surface area contributed by atoms with Crippen LogP contribution in [0.15, 0.2) is 42.7 Å². The van der Waals surface area contributed by atoms with Crippen molar-refractivity contribution in [1.82, 2.24) is 4.98 Å². The second-order valence-corrected chi connectivity index (χ2v) is 4.29. The molecule has 0 saturated carbocycles. The van der Waals surface area contributed by atoms with E-state index in [0.717, 1.165) is 0 Å². The van der Waals surface area contributed by atoms with Gasteiger partial charge in [-0.2, -0.15) is 0 Å². The normalized spacial score (nSPS) is 10.3. The number of hydrogen-bond acceptors (Lipinski definition) is 2. The molecule has 1 aromatic carbocycles. The first-order chi connectivity index (χ1) is 9.13. The number of benzene rings is 1. The van der Waals surface area contributed by atoms with E-state index in [2.05, 4.69) is 4.98 Å². The molecule has 1 aromatic heterocycles. The van der Waals surface area contributed by atoms with Gasteiger partial charge in [0.25, 0.3) is 5.91 Å². The van der Waals surface area contributed by atoms with Gasteiger partial charge in [0, 0.05) is 24.6 Å². The van der Waals surface area contributed by atoms with Crippen molar-refractivity contribution in [3.8, 4) is 0 Å². The van der Waals surface area contributed by atoms with Crippen LogP contribution in [0.1, 0.15) is 17.3 Å². The van der Waals surface area contributed by atoms with E-state index in [-0.39, 0.29) is 11.7 Å². The summed E-state index contributed by atoms with van der Waals surface area (Å²) in [6, 6.07) is 7.31. The zero-order chi connectivity index (χ0) is 13.8. The van der Waals surface area contributed by atoms with E-state index in [4.69, 9.17) is 11.6 Å². The summed E-state index contributed by atoms with van der Waals surface area (Å²) in [5.74, 6) is -0.598. The summed E-state index contributed by atoms with van der Waals surface area (Å²) in [6.07, 6.45) is 2.95. The highest BCUT2D eigenvalue weighted by Crippen LogP contribution is 2.21. The van der Waals surface area contributed by atoms with Crippen LogP contribution in [0.25, 0.3) is 0 Å². The largest absolute Gasteiger partial charge is 0.309 e. The molecule has 0 saturated heterocycles. The molecule has 0 atom stereocenters. The quantitative estimate of drug-likeness (QED) is 0.860. The first kappa shape index (κ1) is 13.5. The first-order valence-electron chi connectivity index (χ1n) is 5.80. The van der Waals surface area contributed by atoms with Crippen LogP contribution < -0.4 is 4.90 Å². The Morgan fingerprint density at radius 1 is 1.32 bits per heavy atom. The van der Waals surface area contributed by atoms with Crippen molar-refractivity contribution in [3.05, 3.63) is 59.1 Å². The van der Waals surface area contributed by atoms with Crippen LogP contribution in [0, 0.1) is 5.82 Å². The molecule has 0 bridgehead atoms. The number of nitrogens with zero attached hydrogens (tertiary/aromatic N) is 2. The Labute approximate surface area is 115 Å². The van der Waals surface area contributed by atoms with Crippen LogP contribution in [-0.4, -0.2) is 17.4 Å². The Morgan fingerprint density at radius 2 is 2.00 bits per heavy atom. The molecule has 2 rings (SSSR count). The lowest BCUT2D eigenvalue weighted by Crippen LogP contribution is -2.30. The van der Waals surface area contributed by atoms with Crippen LogP contribution >= 0.6 is 11.6 Å². The summed E-state index contributed by atoms with van der Waals surface area (Å²) >= 11 is 5.99. The number of anilines is 1. The minimum atomic E-state index is -0.341. The lowest BCUT2D eigenvalue weighted by Gasteiger charge is -2.21. The topological polar surface area (TPSA) is 33.2 Å². The van der Waals surface area contributed by atoms with Crippen LogP contribution in [0.5, 0.6) is 0 Å². The Balaban J connectivity index is 2.35. The summed E-state index contributed by atoms with van der Waals surface area (Å²) < 4.78 is 12.9. The minimum Gasteiger partial charge on any atom is -0.309 e. The van der Waals surface area contributed by atoms with Gasteiger partial charge in [0.15, 0.2) is 0 Å². The lowest BCUT2D eigenvalue weighted by atomic mass is 10.2. The molecule has 5 heteroatoms. The van der Waals surface area contributed by atoms with Gasteiger partial charge in [0.2, 0.25) is 0 Å². The molecule has 0 unspecified atom stereocenters. The van der Waals surface area contributed by atoms with Gasteiger partial charge in [0.05, 0.1) is 10.6 Å². The van der Waals surface area contributed by atoms with Gasteiger partial charge in [-0.25, -0.2) is 4.39 Å². The molecule has 0 aliphatic rings. The van der Waals surface area contributed by atoms with Crippen molar-refractivity contribution in [2.24, 2.45) is 0 Å². The van der Waals surface area contributed by atoms with Gasteiger partial charge in [-0.15, -0.1) is 0 Å². The van der Waals surface area contributed by atoms with Crippen molar-refractivity contribution in [2.45, 2.75) is 6.92 Å². The number of rotatable bonds is 3. The molecule has 1 amide bonds. The Kier molecular flexibility index (Phi) is 4.12. The van der Waals surface area contributed by atoms with Crippen molar-refractivity contribution in [3.63, 3.8) is 0 Å². The predicted octanol–water partition coefficient (Wildman–Crippen LogP) is 3.54. The minimum absolute atomic E-state index is 0.257. The Bertz CT molecular complexity index is 586. The van der Waals surface area contributed by atoms with Crippen LogP contribution in [0.4, 0.5) is 10.1 Å². The molecule has 19 heavy (non-hydrogen) atoms. The van der Waals surface area contributed by atoms with Gasteiger partial charge in [0.1, 0.15) is 5.82 Å². The Morgan fingerprint density at radius 3 is 2.58 bits per heavy atom. The third-order valence-electron chi connectivity index (χ3n) is 2.70. The van der Waals surface area contributed by atoms with Crippen molar-refractivity contribution in [2.75, 3.05) is 11.4 Å². The zero-order valence-corrected chi connectivity index (χ0v) is 11.1. The molecule has 0 radical (unpaired) electrons. The van der Waals surface area contributed by atoms with Crippen LogP contribution in [0.3, 0.4) is 0 Å². The first-order valence-corrected chi connectivity index (χ1v) is 6.18. The molecule has 0 fully saturated rings. The van der Waals surface area contributed by atoms with Crippen LogP contribution in [-0.2, 0) is 0 Å². The maximum absolute atomic E-state index is 12.9. The number of pyridine rings is 1. The highest BCUT2D eigenvalue weighted by atomic mass is 35.5. The van der Waals surface area contributed by atoms with Gasteiger partial charge in [-0.3, -0.25) is 9.78 Å². The van der Waals surface area contributed by atoms with E-state index in [1.54, 1.807) is 18.2 Å². The molecule has 0 aliphatic heterocycles. The van der Waals surface area contributed by atoms with Gasteiger partial charge < -0.3 is 4.90 Å². The molecule has 0 N–H and O–H groups in total. The SMILES string of the molecule is CCN(C(=O)c1cnccc1Cl)c1ccc(F)cc1. The Hall–Kier alpha value is -1.94. The summed E-state index contributed by atoms with van der Waals surface area (Å²) in [5.41, 5.74) is 0.948. The summed E-state index contributed by atoms with van der Waals surface area (Å²) in [6.45, 7) is 2.29. The van der Waals surface area contributed by atoms with Gasteiger partial charge in [-0.05, 0) is 37.3 Å². The van der Waals surface area contributed by atoms with Crippen molar-refractivity contribution in [1.29, 1.82) is 0 Å². The molecule has 3 nitrogen and oxygen atoms in total. The highest BCUT2D eigenvalue weighted by molar-refractivity contribution is 6.34. The monoisotopic (exact) mass is 278 g/mol. The molecule has 98 valence electrons. The predicted molar refractivity (Wildman–Crippen MR) is 73.0 cm³/mol. The maximum Gasteiger partial charge on any atom is 0.261 e. The summed E-state index contributed by atoms with van der Waals surface area (Å²) in [4.78, 5) is 17.8. The second-order valence-electron chi connectivity index (χ2n) is 3.88. The second kappa shape index (κ2) is 5.80. The van der Waals surface area contributed by atoms with Crippen molar-refractivity contribution < 1.29 is 9.18 Å². The number of hydrogen-bond donors (Lipinski definition) is 0. The highest BCUT2D eigenvalue weighted by Gasteiger charge is 2.18. The summed E-state index contributed by atoms with van der Waals surface area (Å²) in [7, 11) is 0. The van der Waals surface area contributed by atoms with Crippen LogP contribution in [0.2, 0.25) is 5.02 Å². The van der Waals surface area contributed by atoms with E-state index >= 15 is 0 Å². The average Bonchev–Trinajstić information content (AvgIpc) is 2.42. The fourth-order valence-corrected chi connectivity index (χ4v) is 1.93. The molecule has 1 heterocycles. The van der Waals surface area contributed by atoms with Crippen molar-refractivity contribution >= 4 is 23.2 Å². The van der Waals surface area contributed by atoms with E-state index in [1.165, 1.54) is 29.4 Å². The zero-order valence-electron chi connectivity index (χ0n) is 10.3. The molecular weight excluding hydrogens is 267 g/mol. The molecule has 0 aliphatic carbocycles. The molecule has 0 spiro atoms. The smallest absolute Gasteiger partial charge is 0.261 e. The van der Waals surface area contributed by atoms with E-state index in [0.29, 0.717) is 22.8 Å². The van der Waals surface area contributed by atoms with E-state index in [1.807, 2.05) is 6.92 Å². The third-order valence-corrected chi connectivity index (χ3v) is 3.03. The molecule has 2 aromatic rings. The van der Waals surface area contributed by atoms with E-state index in [9.17, 15) is 9.18 Å². The van der Waals surface area contributed by atoms with Gasteiger partial charge >= 0.3 is 0 Å². The molecular formula is C14H12ClFN2O. The number of halogens is 2. The third kappa shape index (κ3) is 2.90. The number of amides is 1. The number of carbonyl (C=O) groups is 1. The van der Waals surface area contributed by atoms with Gasteiger partial charge in [-0.1, -0.05) is 11.6 Å². The van der Waals surface area contributed by atoms with E-state index < -0.39 is 0 Å². The number of carbonyl (C=O) groups excluding carboxylic acids is 1. The fraction of sp³-hybridized carbons (Fsp3) is 0.143. The standard InChI is InChI=1S/C14H12ClFN2O/c1-2-18(11-5-3-10(16)4-6-11)14(19)12-9-17-8-7-13(12)15/h3-9H,2H2,1H3. The average molecular weight is 279 g/mol. The maximum atomic E-state index is 12.9.